The Balaban J connectivity index is 1.53. The Kier molecular flexibility index (Phi) is 7.10. The van der Waals surface area contributed by atoms with Gasteiger partial charge in [-0.15, -0.1) is 0 Å². The number of amides is 3. The predicted octanol–water partition coefficient (Wildman–Crippen LogP) is 4.58. The van der Waals surface area contributed by atoms with Crippen LogP contribution in [-0.2, 0) is 16.1 Å². The van der Waals surface area contributed by atoms with Crippen LogP contribution in [0.25, 0.3) is 0 Å². The van der Waals surface area contributed by atoms with Gasteiger partial charge in [0.15, 0.2) is 12.1 Å². The lowest BCUT2D eigenvalue weighted by Crippen LogP contribution is -2.46. The largest absolute Gasteiger partial charge is 0.438 e. The van der Waals surface area contributed by atoms with Crippen LogP contribution in [0.5, 0.6) is 0 Å². The summed E-state index contributed by atoms with van der Waals surface area (Å²) >= 11 is 0. The zero-order chi connectivity index (χ0) is 24.9. The van der Waals surface area contributed by atoms with Crippen LogP contribution in [-0.4, -0.2) is 35.4 Å². The number of aryl methyl sites for hydroxylation is 1. The maximum absolute atomic E-state index is 13.3. The average molecular weight is 476 g/mol. The minimum atomic E-state index is -0.902. The van der Waals surface area contributed by atoms with Crippen LogP contribution in [0.2, 0.25) is 0 Å². The Bertz CT molecular complexity index is 1210. The molecule has 3 aromatic rings. The van der Waals surface area contributed by atoms with Crippen molar-refractivity contribution in [3.63, 3.8) is 0 Å². The molecule has 8 heteroatoms. The van der Waals surface area contributed by atoms with Crippen LogP contribution in [0.4, 0.5) is 14.9 Å². The number of nitrogens with zero attached hydrogens (tertiary/aromatic N) is 1. The first-order valence-electron chi connectivity index (χ1n) is 11.3. The minimum Gasteiger partial charge on any atom is -0.438 e. The van der Waals surface area contributed by atoms with Gasteiger partial charge < -0.3 is 15.4 Å². The van der Waals surface area contributed by atoms with Crippen molar-refractivity contribution >= 4 is 23.6 Å². The summed E-state index contributed by atoms with van der Waals surface area (Å²) in [4.78, 5) is 39.5. The Labute approximate surface area is 202 Å². The van der Waals surface area contributed by atoms with Crippen molar-refractivity contribution < 1.29 is 23.5 Å². The number of cyclic esters (lactones) is 1. The number of likely N-dealkylation sites (N-methyl/N-ethyl adjacent to an activating group) is 1. The van der Waals surface area contributed by atoms with Crippen LogP contribution >= 0.6 is 0 Å². The molecule has 2 atom stereocenters. The van der Waals surface area contributed by atoms with Gasteiger partial charge in [0.05, 0.1) is 6.54 Å². The molecular formula is C27H26FN3O4. The number of carbonyl (C=O) groups excluding carboxylic acids is 3. The van der Waals surface area contributed by atoms with Crippen LogP contribution in [0.1, 0.15) is 40.1 Å². The van der Waals surface area contributed by atoms with E-state index in [9.17, 15) is 18.8 Å². The molecule has 35 heavy (non-hydrogen) atoms. The molecule has 0 bridgehead atoms. The molecule has 0 saturated carbocycles. The Morgan fingerprint density at radius 2 is 1.63 bits per heavy atom. The standard InChI is InChI=1S/C27H26FN3O4/c1-3-29-26(33)23-24(35-27(34)31(23)16-18-6-12-21(28)13-7-18)19-10-14-22(15-11-19)30-25(32)20-8-4-17(2)5-9-20/h4-15,23-24H,3,16H2,1-2H3,(H,29,33)(H,30,32)/t23-,24+/m0/s1. The molecule has 1 saturated heterocycles. The van der Waals surface area contributed by atoms with Crippen LogP contribution < -0.4 is 10.6 Å². The van der Waals surface area contributed by atoms with Gasteiger partial charge in [-0.1, -0.05) is 42.0 Å². The highest BCUT2D eigenvalue weighted by atomic mass is 19.1. The highest BCUT2D eigenvalue weighted by Crippen LogP contribution is 2.34. The van der Waals surface area contributed by atoms with E-state index in [1.807, 2.05) is 19.1 Å². The van der Waals surface area contributed by atoms with Crippen molar-refractivity contribution in [3.05, 3.63) is 101 Å². The van der Waals surface area contributed by atoms with Crippen molar-refractivity contribution in [3.8, 4) is 0 Å². The van der Waals surface area contributed by atoms with Crippen molar-refractivity contribution in [1.29, 1.82) is 0 Å². The second kappa shape index (κ2) is 10.4. The van der Waals surface area contributed by atoms with E-state index >= 15 is 0 Å². The molecule has 1 aliphatic heterocycles. The number of rotatable bonds is 7. The second-order valence-corrected chi connectivity index (χ2v) is 8.34. The Morgan fingerprint density at radius 1 is 0.971 bits per heavy atom. The molecule has 7 nitrogen and oxygen atoms in total. The van der Waals surface area contributed by atoms with Gasteiger partial charge in [-0.2, -0.15) is 0 Å². The highest BCUT2D eigenvalue weighted by molar-refractivity contribution is 6.04. The summed E-state index contributed by atoms with van der Waals surface area (Å²) in [6, 6.07) is 18.9. The summed E-state index contributed by atoms with van der Waals surface area (Å²) in [5.74, 6) is -0.969. The van der Waals surface area contributed by atoms with Crippen molar-refractivity contribution in [2.45, 2.75) is 32.5 Å². The summed E-state index contributed by atoms with van der Waals surface area (Å²) in [5, 5.41) is 5.60. The third-order valence-electron chi connectivity index (χ3n) is 5.78. The summed E-state index contributed by atoms with van der Waals surface area (Å²) in [7, 11) is 0. The van der Waals surface area contributed by atoms with E-state index in [0.717, 1.165) is 5.56 Å². The van der Waals surface area contributed by atoms with E-state index in [1.165, 1.54) is 17.0 Å². The van der Waals surface area contributed by atoms with Crippen LogP contribution in [0.15, 0.2) is 72.8 Å². The fourth-order valence-electron chi connectivity index (χ4n) is 3.94. The Hall–Kier alpha value is -4.20. The molecule has 0 spiro atoms. The number of hydrogen-bond acceptors (Lipinski definition) is 4. The lowest BCUT2D eigenvalue weighted by Gasteiger charge is -2.24. The van der Waals surface area contributed by atoms with Crippen molar-refractivity contribution in [2.75, 3.05) is 11.9 Å². The molecule has 4 rings (SSSR count). The van der Waals surface area contributed by atoms with Gasteiger partial charge in [0.1, 0.15) is 5.82 Å². The third kappa shape index (κ3) is 5.48. The van der Waals surface area contributed by atoms with Gasteiger partial charge in [0, 0.05) is 17.8 Å². The van der Waals surface area contributed by atoms with Crippen LogP contribution in [0.3, 0.4) is 0 Å². The van der Waals surface area contributed by atoms with E-state index in [1.54, 1.807) is 55.5 Å². The minimum absolute atomic E-state index is 0.0993. The predicted molar refractivity (Wildman–Crippen MR) is 129 cm³/mol. The first-order valence-corrected chi connectivity index (χ1v) is 11.3. The lowest BCUT2D eigenvalue weighted by molar-refractivity contribution is -0.126. The molecule has 0 radical (unpaired) electrons. The molecule has 1 aliphatic rings. The van der Waals surface area contributed by atoms with Gasteiger partial charge in [0.25, 0.3) is 5.91 Å². The fraction of sp³-hybridized carbons (Fsp3) is 0.222. The number of benzene rings is 3. The zero-order valence-electron chi connectivity index (χ0n) is 19.5. The molecule has 1 fully saturated rings. The second-order valence-electron chi connectivity index (χ2n) is 8.34. The lowest BCUT2D eigenvalue weighted by atomic mass is 10.00. The van der Waals surface area contributed by atoms with Gasteiger partial charge >= 0.3 is 6.09 Å². The summed E-state index contributed by atoms with van der Waals surface area (Å²) < 4.78 is 18.9. The first-order chi connectivity index (χ1) is 16.9. The molecule has 3 amide bonds. The number of nitrogens with one attached hydrogen (secondary N) is 2. The van der Waals surface area contributed by atoms with Crippen LogP contribution in [0, 0.1) is 12.7 Å². The topological polar surface area (TPSA) is 87.7 Å². The molecule has 1 heterocycles. The monoisotopic (exact) mass is 475 g/mol. The summed E-state index contributed by atoms with van der Waals surface area (Å²) in [5.41, 5.74) is 3.46. The van der Waals surface area contributed by atoms with E-state index in [0.29, 0.717) is 28.9 Å². The number of hydrogen-bond donors (Lipinski definition) is 2. The number of halogens is 1. The van der Waals surface area contributed by atoms with Crippen molar-refractivity contribution in [1.82, 2.24) is 10.2 Å². The first kappa shape index (κ1) is 23.9. The molecular weight excluding hydrogens is 449 g/mol. The molecule has 0 aromatic heterocycles. The maximum atomic E-state index is 13.3. The number of carbonyl (C=O) groups is 3. The maximum Gasteiger partial charge on any atom is 0.411 e. The van der Waals surface area contributed by atoms with Gasteiger partial charge in [-0.05, 0) is 61.4 Å². The smallest absolute Gasteiger partial charge is 0.411 e. The summed E-state index contributed by atoms with van der Waals surface area (Å²) in [6.07, 6.45) is -1.47. The molecule has 180 valence electrons. The Morgan fingerprint density at radius 3 is 2.26 bits per heavy atom. The average Bonchev–Trinajstić information content (AvgIpc) is 3.17. The molecule has 0 aliphatic carbocycles. The highest BCUT2D eigenvalue weighted by Gasteiger charge is 2.46. The normalized spacial score (nSPS) is 17.1. The SMILES string of the molecule is CCNC(=O)[C@@H]1[C@@H](c2ccc(NC(=O)c3ccc(C)cc3)cc2)OC(=O)N1Cc1ccc(F)cc1. The van der Waals surface area contributed by atoms with Gasteiger partial charge in [0.2, 0.25) is 5.91 Å². The number of ether oxygens (including phenoxy) is 1. The van der Waals surface area contributed by atoms with E-state index in [4.69, 9.17) is 4.74 Å². The quantitative estimate of drug-likeness (QED) is 0.524. The van der Waals surface area contributed by atoms with Gasteiger partial charge in [-0.3, -0.25) is 14.5 Å². The van der Waals surface area contributed by atoms with E-state index in [-0.39, 0.29) is 24.2 Å². The fourth-order valence-corrected chi connectivity index (χ4v) is 3.94. The zero-order valence-corrected chi connectivity index (χ0v) is 19.5. The van der Waals surface area contributed by atoms with Gasteiger partial charge in [-0.25, -0.2) is 9.18 Å². The number of anilines is 1. The molecule has 0 unspecified atom stereocenters. The van der Waals surface area contributed by atoms with E-state index in [2.05, 4.69) is 10.6 Å². The molecule has 3 aromatic carbocycles. The summed E-state index contributed by atoms with van der Waals surface area (Å²) in [6.45, 7) is 4.23. The third-order valence-corrected chi connectivity index (χ3v) is 5.78. The van der Waals surface area contributed by atoms with E-state index < -0.39 is 18.2 Å². The van der Waals surface area contributed by atoms with Crippen molar-refractivity contribution in [2.24, 2.45) is 0 Å². The molecule has 2 N–H and O–H groups in total.